The summed E-state index contributed by atoms with van der Waals surface area (Å²) < 4.78 is 119. The van der Waals surface area contributed by atoms with E-state index in [9.17, 15) is 49.1 Å². The second kappa shape index (κ2) is 9.72. The minimum absolute atomic E-state index is 0.0529. The fraction of sp³-hybridized carbons (Fsp3) is 0.150. The summed E-state index contributed by atoms with van der Waals surface area (Å²) in [7, 11) is 0. The first-order valence-electron chi connectivity index (χ1n) is 9.20. The molecular formula is C20H9BrF9N3O2S. The summed E-state index contributed by atoms with van der Waals surface area (Å²) in [5, 5.41) is -0.358. The maximum atomic E-state index is 13.2. The number of aromatic nitrogens is 1. The lowest BCUT2D eigenvalue weighted by Gasteiger charge is -2.22. The maximum absolute atomic E-state index is 13.2. The number of thiazole rings is 1. The molecule has 1 N–H and O–H groups in total. The number of hydrogen-bond donors (Lipinski definition) is 1. The molecule has 0 aliphatic heterocycles. The molecule has 0 atom stereocenters. The highest BCUT2D eigenvalue weighted by Crippen LogP contribution is 2.37. The summed E-state index contributed by atoms with van der Waals surface area (Å²) in [6, 6.07) is 5.44. The van der Waals surface area contributed by atoms with E-state index in [2.05, 4.69) is 20.9 Å². The molecule has 5 nitrogen and oxygen atoms in total. The van der Waals surface area contributed by atoms with Crippen molar-refractivity contribution in [1.29, 1.82) is 0 Å². The van der Waals surface area contributed by atoms with Crippen LogP contribution in [0.5, 0.6) is 0 Å². The summed E-state index contributed by atoms with van der Waals surface area (Å²) in [6.45, 7) is 0. The molecule has 2 amide bonds. The van der Waals surface area contributed by atoms with Crippen molar-refractivity contribution < 1.29 is 49.1 Å². The predicted octanol–water partition coefficient (Wildman–Crippen LogP) is 6.95. The average Bonchev–Trinajstić information content (AvgIpc) is 3.26. The normalized spacial score (nSPS) is 12.4. The monoisotopic (exact) mass is 605 g/mol. The van der Waals surface area contributed by atoms with E-state index in [1.54, 1.807) is 0 Å². The molecule has 0 bridgehead atoms. The zero-order valence-corrected chi connectivity index (χ0v) is 19.4. The van der Waals surface area contributed by atoms with Gasteiger partial charge in [-0.1, -0.05) is 12.1 Å². The molecule has 2 aromatic carbocycles. The van der Waals surface area contributed by atoms with Crippen molar-refractivity contribution >= 4 is 44.2 Å². The van der Waals surface area contributed by atoms with Crippen LogP contribution in [-0.4, -0.2) is 16.8 Å². The fourth-order valence-corrected chi connectivity index (χ4v) is 3.95. The van der Waals surface area contributed by atoms with Gasteiger partial charge in [-0.2, -0.15) is 44.5 Å². The zero-order valence-electron chi connectivity index (χ0n) is 17.0. The van der Waals surface area contributed by atoms with Crippen molar-refractivity contribution in [3.05, 3.63) is 80.3 Å². The van der Waals surface area contributed by atoms with Crippen LogP contribution >= 0.6 is 27.3 Å². The molecule has 36 heavy (non-hydrogen) atoms. The van der Waals surface area contributed by atoms with Gasteiger partial charge in [0.2, 0.25) is 5.13 Å². The largest absolute Gasteiger partial charge is 0.434 e. The second-order valence-electron chi connectivity index (χ2n) is 6.87. The van der Waals surface area contributed by atoms with Crippen LogP contribution in [0.25, 0.3) is 0 Å². The van der Waals surface area contributed by atoms with Crippen molar-refractivity contribution in [3.63, 3.8) is 0 Å². The molecule has 0 radical (unpaired) electrons. The summed E-state index contributed by atoms with van der Waals surface area (Å²) in [4.78, 5) is 28.9. The zero-order chi connectivity index (χ0) is 27.1. The summed E-state index contributed by atoms with van der Waals surface area (Å²) in [5.41, 5.74) is -4.65. The van der Waals surface area contributed by atoms with E-state index >= 15 is 0 Å². The van der Waals surface area contributed by atoms with Gasteiger partial charge in [-0.15, -0.1) is 11.3 Å². The average molecular weight is 606 g/mol. The van der Waals surface area contributed by atoms with E-state index in [-0.39, 0.29) is 44.6 Å². The van der Waals surface area contributed by atoms with Gasteiger partial charge < -0.3 is 0 Å². The van der Waals surface area contributed by atoms with E-state index in [1.807, 2.05) is 5.43 Å². The van der Waals surface area contributed by atoms with Gasteiger partial charge in [0, 0.05) is 15.4 Å². The van der Waals surface area contributed by atoms with Gasteiger partial charge in [-0.05, 0) is 46.3 Å². The first kappa shape index (κ1) is 27.4. The van der Waals surface area contributed by atoms with Gasteiger partial charge in [0.25, 0.3) is 11.8 Å². The van der Waals surface area contributed by atoms with Crippen molar-refractivity contribution in [2.75, 3.05) is 5.01 Å². The van der Waals surface area contributed by atoms with Gasteiger partial charge in [-0.25, -0.2) is 4.98 Å². The Morgan fingerprint density at radius 3 is 1.89 bits per heavy atom. The molecule has 0 spiro atoms. The molecule has 0 fully saturated rings. The Balaban J connectivity index is 2.13. The Morgan fingerprint density at radius 2 is 1.42 bits per heavy atom. The van der Waals surface area contributed by atoms with Crippen LogP contribution < -0.4 is 10.4 Å². The molecule has 0 unspecified atom stereocenters. The van der Waals surface area contributed by atoms with Crippen LogP contribution in [-0.2, 0) is 18.5 Å². The lowest BCUT2D eigenvalue weighted by molar-refractivity contribution is -0.143. The molecule has 3 aromatic rings. The predicted molar refractivity (Wildman–Crippen MR) is 112 cm³/mol. The Kier molecular flexibility index (Phi) is 7.41. The molecular weight excluding hydrogens is 597 g/mol. The number of hydrogen-bond acceptors (Lipinski definition) is 4. The van der Waals surface area contributed by atoms with Crippen LogP contribution in [0.3, 0.4) is 0 Å². The third-order valence-electron chi connectivity index (χ3n) is 4.34. The van der Waals surface area contributed by atoms with E-state index in [0.29, 0.717) is 5.38 Å². The van der Waals surface area contributed by atoms with E-state index in [4.69, 9.17) is 0 Å². The van der Waals surface area contributed by atoms with Crippen molar-refractivity contribution in [2.24, 2.45) is 0 Å². The minimum Gasteiger partial charge on any atom is -0.267 e. The van der Waals surface area contributed by atoms with Crippen LogP contribution in [0.2, 0.25) is 0 Å². The number of hydrazine groups is 1. The summed E-state index contributed by atoms with van der Waals surface area (Å²) >= 11 is 3.21. The molecule has 0 saturated heterocycles. The molecule has 0 aliphatic rings. The Labute approximate surface area is 207 Å². The fourth-order valence-electron chi connectivity index (χ4n) is 2.70. The summed E-state index contributed by atoms with van der Waals surface area (Å²) in [6.07, 6.45) is -15.6. The molecule has 0 aliphatic carbocycles. The summed E-state index contributed by atoms with van der Waals surface area (Å²) in [5.74, 6) is -2.82. The number of carbonyl (C=O) groups is 2. The van der Waals surface area contributed by atoms with Crippen LogP contribution in [0.1, 0.15) is 37.5 Å². The highest BCUT2D eigenvalue weighted by Gasteiger charge is 2.39. The topological polar surface area (TPSA) is 62.3 Å². The Morgan fingerprint density at radius 1 is 0.861 bits per heavy atom. The van der Waals surface area contributed by atoms with Crippen LogP contribution in [0.15, 0.2) is 52.3 Å². The van der Waals surface area contributed by atoms with Crippen molar-refractivity contribution in [3.8, 4) is 0 Å². The number of benzene rings is 2. The smallest absolute Gasteiger partial charge is 0.267 e. The third-order valence-corrected chi connectivity index (χ3v) is 5.86. The Hall–Kier alpha value is -3.14. The van der Waals surface area contributed by atoms with Crippen molar-refractivity contribution in [2.45, 2.75) is 18.5 Å². The highest BCUT2D eigenvalue weighted by atomic mass is 79.9. The molecule has 1 heterocycles. The standard InChI is InChI=1S/C20H9BrF9N3O2S/c21-13-4-2-1-3-12(13)15(34)32-33(17-31-14(8-36-17)20(28,29)30)16(35)9-5-10(18(22,23)24)7-11(6-9)19(25,26)27/h1-8H,(H,32,34). The molecule has 1 aromatic heterocycles. The Bertz CT molecular complexity index is 1270. The van der Waals surface area contributed by atoms with E-state index < -0.39 is 57.9 Å². The molecule has 0 saturated carbocycles. The van der Waals surface area contributed by atoms with Gasteiger partial charge in [-0.3, -0.25) is 15.0 Å². The minimum atomic E-state index is -5.30. The third kappa shape index (κ3) is 6.16. The van der Waals surface area contributed by atoms with Gasteiger partial charge >= 0.3 is 18.5 Å². The number of anilines is 1. The number of halogens is 10. The van der Waals surface area contributed by atoms with E-state index in [0.717, 1.165) is 0 Å². The SMILES string of the molecule is O=C(NN(C(=O)c1cc(C(F)(F)F)cc(C(F)(F)F)c1)c1nc(C(F)(F)F)cs1)c1ccccc1Br. The molecule has 3 rings (SSSR count). The number of alkyl halides is 9. The quantitative estimate of drug-likeness (QED) is 0.259. The van der Waals surface area contributed by atoms with Gasteiger partial charge in [0.05, 0.1) is 16.7 Å². The number of nitrogens with zero attached hydrogens (tertiary/aromatic N) is 2. The number of rotatable bonds is 3. The van der Waals surface area contributed by atoms with Crippen LogP contribution in [0.4, 0.5) is 44.6 Å². The first-order valence-corrected chi connectivity index (χ1v) is 10.9. The van der Waals surface area contributed by atoms with Gasteiger partial charge in [0.1, 0.15) is 0 Å². The van der Waals surface area contributed by atoms with Crippen molar-refractivity contribution in [1.82, 2.24) is 10.4 Å². The number of carbonyl (C=O) groups excluding carboxylic acids is 2. The van der Waals surface area contributed by atoms with Gasteiger partial charge in [0.15, 0.2) is 5.69 Å². The lowest BCUT2D eigenvalue weighted by atomic mass is 10.0. The molecule has 192 valence electrons. The number of amides is 2. The highest BCUT2D eigenvalue weighted by molar-refractivity contribution is 9.10. The lowest BCUT2D eigenvalue weighted by Crippen LogP contribution is -2.47. The first-order chi connectivity index (χ1) is 16.5. The second-order valence-corrected chi connectivity index (χ2v) is 8.56. The molecule has 16 heteroatoms. The van der Waals surface area contributed by atoms with E-state index in [1.165, 1.54) is 24.3 Å². The number of nitrogens with one attached hydrogen (secondary N) is 1. The maximum Gasteiger partial charge on any atom is 0.434 e. The van der Waals surface area contributed by atoms with Crippen LogP contribution in [0, 0.1) is 0 Å².